The van der Waals surface area contributed by atoms with Gasteiger partial charge in [0, 0.05) is 37.1 Å². The van der Waals surface area contributed by atoms with Crippen molar-refractivity contribution in [2.75, 3.05) is 69.4 Å². The molecule has 188 valence electrons. The summed E-state index contributed by atoms with van der Waals surface area (Å²) >= 11 is 0. The van der Waals surface area contributed by atoms with Gasteiger partial charge in [-0.05, 0) is 69.0 Å². The molecule has 0 aliphatic carbocycles. The summed E-state index contributed by atoms with van der Waals surface area (Å²) in [4.78, 5) is 14.1. The third-order valence-corrected chi connectivity index (χ3v) is 6.87. The maximum absolute atomic E-state index is 6.18. The quantitative estimate of drug-likeness (QED) is 0.660. The van der Waals surface area contributed by atoms with E-state index in [2.05, 4.69) is 26.2 Å². The lowest BCUT2D eigenvalue weighted by molar-refractivity contribution is 0.113. The molecule has 0 spiro atoms. The SMILES string of the molecule is C1=C/COCC2CCCN(C2)c2ccnc(n2)Nc2ccc(OCCN3CCCC3)c(c2)COC/1. The molecule has 6 bridgehead atoms. The highest BCUT2D eigenvalue weighted by Crippen LogP contribution is 2.27. The Balaban J connectivity index is 1.32. The highest BCUT2D eigenvalue weighted by Gasteiger charge is 2.21. The zero-order valence-corrected chi connectivity index (χ0v) is 20.5. The maximum atomic E-state index is 6.18. The van der Waals surface area contributed by atoms with Crippen molar-refractivity contribution in [2.24, 2.45) is 5.92 Å². The first-order chi connectivity index (χ1) is 17.3. The molecule has 5 rings (SSSR count). The summed E-state index contributed by atoms with van der Waals surface area (Å²) in [5, 5.41) is 3.38. The van der Waals surface area contributed by atoms with Crippen LogP contribution in [0, 0.1) is 5.92 Å². The van der Waals surface area contributed by atoms with E-state index in [1.165, 1.54) is 32.4 Å². The van der Waals surface area contributed by atoms with E-state index in [1.807, 2.05) is 36.5 Å². The minimum Gasteiger partial charge on any atom is -0.492 e. The first-order valence-electron chi connectivity index (χ1n) is 13.0. The smallest absolute Gasteiger partial charge is 0.229 e. The monoisotopic (exact) mass is 479 g/mol. The number of hydrogen-bond acceptors (Lipinski definition) is 8. The van der Waals surface area contributed by atoms with Crippen LogP contribution in [-0.2, 0) is 16.1 Å². The molecular formula is C27H37N5O3. The van der Waals surface area contributed by atoms with E-state index in [4.69, 9.17) is 19.2 Å². The van der Waals surface area contributed by atoms with Crippen LogP contribution in [0.2, 0.25) is 0 Å². The van der Waals surface area contributed by atoms with Crippen molar-refractivity contribution in [1.82, 2.24) is 14.9 Å². The van der Waals surface area contributed by atoms with Gasteiger partial charge in [-0.1, -0.05) is 12.2 Å². The van der Waals surface area contributed by atoms with E-state index < -0.39 is 0 Å². The maximum Gasteiger partial charge on any atom is 0.229 e. The molecule has 2 fully saturated rings. The summed E-state index contributed by atoms with van der Waals surface area (Å²) in [6.45, 7) is 8.34. The highest BCUT2D eigenvalue weighted by molar-refractivity contribution is 5.58. The molecule has 1 unspecified atom stereocenters. The zero-order chi connectivity index (χ0) is 23.7. The summed E-state index contributed by atoms with van der Waals surface area (Å²) in [6.07, 6.45) is 10.8. The third kappa shape index (κ3) is 6.93. The lowest BCUT2D eigenvalue weighted by atomic mass is 9.99. The van der Waals surface area contributed by atoms with Crippen LogP contribution in [0.25, 0.3) is 0 Å². The molecule has 3 aliphatic heterocycles. The second-order valence-corrected chi connectivity index (χ2v) is 9.56. The van der Waals surface area contributed by atoms with E-state index in [0.717, 1.165) is 55.5 Å². The average molecular weight is 480 g/mol. The normalized spacial score (nSPS) is 22.6. The lowest BCUT2D eigenvalue weighted by Crippen LogP contribution is -2.37. The molecule has 2 aromatic rings. The Hall–Kier alpha value is -2.68. The van der Waals surface area contributed by atoms with Gasteiger partial charge in [0.1, 0.15) is 18.2 Å². The van der Waals surface area contributed by atoms with Crippen LogP contribution < -0.4 is 15.0 Å². The van der Waals surface area contributed by atoms with Crippen molar-refractivity contribution in [3.63, 3.8) is 0 Å². The molecule has 8 heteroatoms. The van der Waals surface area contributed by atoms with Gasteiger partial charge in [-0.25, -0.2) is 4.98 Å². The standard InChI is InChI=1S/C27H37N5O3/c1-2-12-31(11-1)14-17-35-25-8-7-24-18-23(25)21-34-16-4-3-15-33-20-22-6-5-13-32(19-22)26-9-10-28-27(29-24)30-26/h3-4,7-10,18,22H,1-2,5-6,11-17,19-21H2,(H,28,29,30)/b4-3+. The zero-order valence-electron chi connectivity index (χ0n) is 20.5. The van der Waals surface area contributed by atoms with Crippen molar-refractivity contribution >= 4 is 17.5 Å². The topological polar surface area (TPSA) is 72.0 Å². The fourth-order valence-electron chi connectivity index (χ4n) is 5.00. The van der Waals surface area contributed by atoms with E-state index in [9.17, 15) is 0 Å². The van der Waals surface area contributed by atoms with Crippen LogP contribution in [0.3, 0.4) is 0 Å². The van der Waals surface area contributed by atoms with E-state index in [-0.39, 0.29) is 0 Å². The van der Waals surface area contributed by atoms with Crippen molar-refractivity contribution in [2.45, 2.75) is 32.3 Å². The number of rotatable bonds is 4. The molecule has 4 heterocycles. The molecule has 1 N–H and O–H groups in total. The number of anilines is 3. The van der Waals surface area contributed by atoms with Crippen LogP contribution in [0.4, 0.5) is 17.5 Å². The first kappa shape index (κ1) is 24.0. The molecule has 8 nitrogen and oxygen atoms in total. The fraction of sp³-hybridized carbons (Fsp3) is 0.556. The van der Waals surface area contributed by atoms with Crippen molar-refractivity contribution < 1.29 is 14.2 Å². The van der Waals surface area contributed by atoms with Crippen LogP contribution >= 0.6 is 0 Å². The van der Waals surface area contributed by atoms with E-state index >= 15 is 0 Å². The van der Waals surface area contributed by atoms with Crippen LogP contribution in [0.1, 0.15) is 31.2 Å². The third-order valence-electron chi connectivity index (χ3n) is 6.87. The Morgan fingerprint density at radius 2 is 1.91 bits per heavy atom. The van der Waals surface area contributed by atoms with Crippen molar-refractivity contribution in [1.29, 1.82) is 0 Å². The molecule has 0 saturated carbocycles. The number of aromatic nitrogens is 2. The number of benzene rings is 1. The Morgan fingerprint density at radius 1 is 1.03 bits per heavy atom. The lowest BCUT2D eigenvalue weighted by Gasteiger charge is -2.33. The van der Waals surface area contributed by atoms with Gasteiger partial charge in [0.25, 0.3) is 0 Å². The summed E-state index contributed by atoms with van der Waals surface area (Å²) in [7, 11) is 0. The second-order valence-electron chi connectivity index (χ2n) is 9.56. The molecule has 1 aromatic carbocycles. The number of ether oxygens (including phenoxy) is 3. The fourth-order valence-corrected chi connectivity index (χ4v) is 5.00. The van der Waals surface area contributed by atoms with E-state index in [0.29, 0.717) is 38.3 Å². The Labute approximate surface area is 208 Å². The molecular weight excluding hydrogens is 442 g/mol. The Bertz CT molecular complexity index is 979. The molecule has 0 amide bonds. The Morgan fingerprint density at radius 3 is 2.83 bits per heavy atom. The molecule has 1 atom stereocenters. The summed E-state index contributed by atoms with van der Waals surface area (Å²) in [6, 6.07) is 8.11. The van der Waals surface area contributed by atoms with Gasteiger partial charge in [0.2, 0.25) is 5.95 Å². The number of hydrogen-bond donors (Lipinski definition) is 1. The van der Waals surface area contributed by atoms with Gasteiger partial charge in [-0.2, -0.15) is 4.98 Å². The molecule has 0 radical (unpaired) electrons. The highest BCUT2D eigenvalue weighted by atomic mass is 16.5. The second kappa shape index (κ2) is 12.3. The number of nitrogens with one attached hydrogen (secondary N) is 1. The van der Waals surface area contributed by atoms with Gasteiger partial charge in [-0.3, -0.25) is 4.90 Å². The van der Waals surface area contributed by atoms with Crippen LogP contribution in [0.15, 0.2) is 42.6 Å². The van der Waals surface area contributed by atoms with E-state index in [1.54, 1.807) is 0 Å². The average Bonchev–Trinajstić information content (AvgIpc) is 3.40. The molecule has 1 aromatic heterocycles. The van der Waals surface area contributed by atoms with Gasteiger partial charge >= 0.3 is 0 Å². The summed E-state index contributed by atoms with van der Waals surface area (Å²) in [5.74, 6) is 2.93. The van der Waals surface area contributed by atoms with Gasteiger partial charge in [0.15, 0.2) is 0 Å². The molecule has 3 aliphatic rings. The minimum absolute atomic E-state index is 0.469. The number of piperidine rings is 1. The van der Waals surface area contributed by atoms with Gasteiger partial charge in [0.05, 0.1) is 26.4 Å². The number of likely N-dealkylation sites (tertiary alicyclic amines) is 1. The van der Waals surface area contributed by atoms with Crippen LogP contribution in [-0.4, -0.2) is 74.0 Å². The summed E-state index contributed by atoms with van der Waals surface area (Å²) < 4.78 is 18.1. The minimum atomic E-state index is 0.469. The van der Waals surface area contributed by atoms with Crippen LogP contribution in [0.5, 0.6) is 5.75 Å². The largest absolute Gasteiger partial charge is 0.492 e. The number of fused-ring (bicyclic) bond motifs is 7. The first-order valence-corrected chi connectivity index (χ1v) is 13.0. The van der Waals surface area contributed by atoms with Gasteiger partial charge in [-0.15, -0.1) is 0 Å². The number of nitrogens with zero attached hydrogens (tertiary/aromatic N) is 4. The van der Waals surface area contributed by atoms with Gasteiger partial charge < -0.3 is 24.4 Å². The van der Waals surface area contributed by atoms with Crippen molar-refractivity contribution in [3.8, 4) is 5.75 Å². The predicted molar refractivity (Wildman–Crippen MR) is 137 cm³/mol. The molecule has 35 heavy (non-hydrogen) atoms. The molecule has 2 saturated heterocycles. The summed E-state index contributed by atoms with van der Waals surface area (Å²) in [5.41, 5.74) is 1.94. The Kier molecular flexibility index (Phi) is 8.47. The van der Waals surface area contributed by atoms with Crippen molar-refractivity contribution in [3.05, 3.63) is 48.2 Å². The predicted octanol–water partition coefficient (Wildman–Crippen LogP) is 4.01.